The van der Waals surface area contributed by atoms with Crippen LogP contribution in [0.2, 0.25) is 10.0 Å². The number of piperazine rings is 1. The average molecular weight is 257 g/mol. The van der Waals surface area contributed by atoms with Gasteiger partial charge in [0.2, 0.25) is 0 Å². The van der Waals surface area contributed by atoms with Crippen molar-refractivity contribution in [2.45, 2.75) is 25.0 Å². The van der Waals surface area contributed by atoms with Gasteiger partial charge in [-0.3, -0.25) is 4.90 Å². The summed E-state index contributed by atoms with van der Waals surface area (Å²) in [6.07, 6.45) is 1.27. The highest BCUT2D eigenvalue weighted by molar-refractivity contribution is 6.35. The van der Waals surface area contributed by atoms with Crippen LogP contribution in [0.1, 0.15) is 12.0 Å². The molecule has 2 bridgehead atoms. The second-order valence-corrected chi connectivity index (χ2v) is 5.44. The fourth-order valence-electron chi connectivity index (χ4n) is 2.73. The summed E-state index contributed by atoms with van der Waals surface area (Å²) in [7, 11) is 0. The number of hydrogen-bond donors (Lipinski definition) is 1. The van der Waals surface area contributed by atoms with Gasteiger partial charge in [0.05, 0.1) is 0 Å². The fraction of sp³-hybridized carbons (Fsp3) is 0.500. The predicted molar refractivity (Wildman–Crippen MR) is 67.1 cm³/mol. The van der Waals surface area contributed by atoms with Gasteiger partial charge in [0.15, 0.2) is 0 Å². The Balaban J connectivity index is 1.79. The lowest BCUT2D eigenvalue weighted by molar-refractivity contribution is 0.218. The van der Waals surface area contributed by atoms with E-state index in [0.717, 1.165) is 35.2 Å². The third kappa shape index (κ3) is 1.84. The highest BCUT2D eigenvalue weighted by Crippen LogP contribution is 2.30. The van der Waals surface area contributed by atoms with Crippen LogP contribution in [0.15, 0.2) is 18.2 Å². The molecule has 4 heteroatoms. The second-order valence-electron chi connectivity index (χ2n) is 4.62. The molecule has 0 saturated carbocycles. The summed E-state index contributed by atoms with van der Waals surface area (Å²) in [5.74, 6) is 0. The predicted octanol–water partition coefficient (Wildman–Crippen LogP) is 2.54. The van der Waals surface area contributed by atoms with E-state index in [-0.39, 0.29) is 0 Å². The molecule has 0 spiro atoms. The summed E-state index contributed by atoms with van der Waals surface area (Å²) in [6.45, 7) is 3.10. The quantitative estimate of drug-likeness (QED) is 0.875. The molecule has 1 aromatic carbocycles. The Morgan fingerprint density at radius 3 is 2.62 bits per heavy atom. The molecule has 3 rings (SSSR count). The minimum atomic E-state index is 0.664. The normalized spacial score (nSPS) is 28.9. The van der Waals surface area contributed by atoms with Crippen molar-refractivity contribution in [2.75, 3.05) is 13.1 Å². The van der Waals surface area contributed by atoms with Gasteiger partial charge in [0.25, 0.3) is 0 Å². The van der Waals surface area contributed by atoms with E-state index in [2.05, 4.69) is 10.2 Å². The molecule has 0 aliphatic carbocycles. The van der Waals surface area contributed by atoms with Crippen LogP contribution in [0, 0.1) is 0 Å². The molecular formula is C12H14Cl2N2. The van der Waals surface area contributed by atoms with Crippen molar-refractivity contribution < 1.29 is 0 Å². The smallest absolute Gasteiger partial charge is 0.0465 e. The van der Waals surface area contributed by atoms with Crippen LogP contribution in [0.3, 0.4) is 0 Å². The summed E-state index contributed by atoms with van der Waals surface area (Å²) < 4.78 is 0. The topological polar surface area (TPSA) is 15.3 Å². The molecule has 2 aliphatic heterocycles. The molecule has 2 nitrogen and oxygen atoms in total. The number of fused-ring (bicyclic) bond motifs is 2. The second kappa shape index (κ2) is 4.19. The van der Waals surface area contributed by atoms with Crippen LogP contribution in [0.25, 0.3) is 0 Å². The zero-order valence-electron chi connectivity index (χ0n) is 8.92. The van der Waals surface area contributed by atoms with Crippen molar-refractivity contribution in [1.82, 2.24) is 10.2 Å². The molecule has 1 N–H and O–H groups in total. The van der Waals surface area contributed by atoms with Crippen LogP contribution >= 0.6 is 23.2 Å². The van der Waals surface area contributed by atoms with Gasteiger partial charge < -0.3 is 5.32 Å². The van der Waals surface area contributed by atoms with Crippen molar-refractivity contribution in [3.8, 4) is 0 Å². The van der Waals surface area contributed by atoms with Crippen LogP contribution < -0.4 is 5.32 Å². The number of hydrogen-bond acceptors (Lipinski definition) is 2. The number of nitrogens with zero attached hydrogens (tertiary/aromatic N) is 1. The Bertz CT molecular complexity index is 388. The molecular weight excluding hydrogens is 243 g/mol. The largest absolute Gasteiger partial charge is 0.311 e. The van der Waals surface area contributed by atoms with E-state index in [1.54, 1.807) is 0 Å². The first kappa shape index (κ1) is 10.8. The Morgan fingerprint density at radius 1 is 1.31 bits per heavy atom. The summed E-state index contributed by atoms with van der Waals surface area (Å²) in [4.78, 5) is 2.48. The van der Waals surface area contributed by atoms with Crippen molar-refractivity contribution in [3.05, 3.63) is 33.8 Å². The van der Waals surface area contributed by atoms with Gasteiger partial charge in [-0.15, -0.1) is 0 Å². The Kier molecular flexibility index (Phi) is 2.84. The molecule has 0 aromatic heterocycles. The third-order valence-electron chi connectivity index (χ3n) is 3.59. The zero-order chi connectivity index (χ0) is 11.1. The lowest BCUT2D eigenvalue weighted by Crippen LogP contribution is -2.43. The van der Waals surface area contributed by atoms with Gasteiger partial charge in [-0.25, -0.2) is 0 Å². The van der Waals surface area contributed by atoms with Gasteiger partial charge >= 0.3 is 0 Å². The van der Waals surface area contributed by atoms with E-state index in [4.69, 9.17) is 23.2 Å². The first-order valence-corrected chi connectivity index (χ1v) is 6.40. The molecule has 2 atom stereocenters. The number of likely N-dealkylation sites (tertiary alicyclic amines) is 1. The number of benzene rings is 1. The molecule has 2 fully saturated rings. The van der Waals surface area contributed by atoms with E-state index < -0.39 is 0 Å². The molecule has 16 heavy (non-hydrogen) atoms. The summed E-state index contributed by atoms with van der Waals surface area (Å²) in [5.41, 5.74) is 1.07. The third-order valence-corrected chi connectivity index (χ3v) is 4.30. The molecule has 2 heterocycles. The molecule has 1 aromatic rings. The van der Waals surface area contributed by atoms with E-state index in [0.29, 0.717) is 12.1 Å². The molecule has 2 saturated heterocycles. The first-order valence-electron chi connectivity index (χ1n) is 5.64. The highest BCUT2D eigenvalue weighted by Gasteiger charge is 2.37. The molecule has 2 aliphatic rings. The number of rotatable bonds is 2. The zero-order valence-corrected chi connectivity index (χ0v) is 10.4. The maximum absolute atomic E-state index is 6.18. The first-order chi connectivity index (χ1) is 7.74. The molecule has 0 amide bonds. The van der Waals surface area contributed by atoms with E-state index >= 15 is 0 Å². The average Bonchev–Trinajstić information content (AvgIpc) is 2.85. The van der Waals surface area contributed by atoms with Gasteiger partial charge in [-0.1, -0.05) is 29.3 Å². The van der Waals surface area contributed by atoms with Crippen LogP contribution in [-0.2, 0) is 6.54 Å². The lowest BCUT2D eigenvalue weighted by atomic mass is 10.2. The number of nitrogens with one attached hydrogen (secondary N) is 1. The molecule has 2 unspecified atom stereocenters. The van der Waals surface area contributed by atoms with Crippen molar-refractivity contribution in [1.29, 1.82) is 0 Å². The standard InChI is InChI=1S/C12H14Cl2N2/c13-11-2-1-3-12(14)10(11)7-16-6-8-4-9(16)5-15-8/h1-3,8-9,15H,4-7H2. The van der Waals surface area contributed by atoms with Gasteiger partial charge in [-0.2, -0.15) is 0 Å². The maximum atomic E-state index is 6.18. The Labute approximate surface area is 106 Å². The maximum Gasteiger partial charge on any atom is 0.0465 e. The Morgan fingerprint density at radius 2 is 2.06 bits per heavy atom. The Hall–Kier alpha value is -0.280. The SMILES string of the molecule is Clc1cccc(Cl)c1CN1CC2CC1CN2. The molecule has 86 valence electrons. The monoisotopic (exact) mass is 256 g/mol. The van der Waals surface area contributed by atoms with E-state index in [9.17, 15) is 0 Å². The van der Waals surface area contributed by atoms with Crippen LogP contribution in [0.5, 0.6) is 0 Å². The fourth-order valence-corrected chi connectivity index (χ4v) is 3.24. The minimum Gasteiger partial charge on any atom is -0.311 e. The highest BCUT2D eigenvalue weighted by atomic mass is 35.5. The summed E-state index contributed by atoms with van der Waals surface area (Å²) >= 11 is 12.4. The van der Waals surface area contributed by atoms with E-state index in [1.165, 1.54) is 6.42 Å². The summed E-state index contributed by atoms with van der Waals surface area (Å²) in [5, 5.41) is 5.05. The van der Waals surface area contributed by atoms with Crippen LogP contribution in [-0.4, -0.2) is 30.1 Å². The number of halogens is 2. The minimum absolute atomic E-state index is 0.664. The summed E-state index contributed by atoms with van der Waals surface area (Å²) in [6, 6.07) is 7.06. The van der Waals surface area contributed by atoms with Gasteiger partial charge in [0.1, 0.15) is 0 Å². The van der Waals surface area contributed by atoms with Crippen LogP contribution in [0.4, 0.5) is 0 Å². The van der Waals surface area contributed by atoms with Crippen molar-refractivity contribution in [3.63, 3.8) is 0 Å². The lowest BCUT2D eigenvalue weighted by Gasteiger charge is -2.27. The van der Waals surface area contributed by atoms with Gasteiger partial charge in [-0.05, 0) is 18.6 Å². The van der Waals surface area contributed by atoms with Gasteiger partial charge in [0, 0.05) is 47.3 Å². The van der Waals surface area contributed by atoms with E-state index in [1.807, 2.05) is 18.2 Å². The van der Waals surface area contributed by atoms with Crippen molar-refractivity contribution in [2.24, 2.45) is 0 Å². The van der Waals surface area contributed by atoms with Crippen molar-refractivity contribution >= 4 is 23.2 Å². The molecule has 0 radical (unpaired) electrons.